The fourth-order valence-electron chi connectivity index (χ4n) is 2.31. The number of likely N-dealkylation sites (N-methyl/N-ethyl adjacent to an activating group) is 1. The molecule has 0 radical (unpaired) electrons. The van der Waals surface area contributed by atoms with Gasteiger partial charge in [-0.1, -0.05) is 0 Å². The van der Waals surface area contributed by atoms with E-state index in [4.69, 9.17) is 0 Å². The molecule has 1 atom stereocenters. The van der Waals surface area contributed by atoms with E-state index in [1.54, 1.807) is 6.07 Å². The molecule has 94 valence electrons. The minimum Gasteiger partial charge on any atom is -0.381 e. The van der Waals surface area contributed by atoms with Gasteiger partial charge in [0.05, 0.1) is 4.47 Å². The molecule has 1 aliphatic heterocycles. The summed E-state index contributed by atoms with van der Waals surface area (Å²) in [7, 11) is 2.14. The number of nitrogens with zero attached hydrogens (tertiary/aromatic N) is 1. The topological polar surface area (TPSA) is 15.3 Å². The Morgan fingerprint density at radius 2 is 2.24 bits per heavy atom. The normalized spacial score (nSPS) is 21.5. The molecule has 0 amide bonds. The molecule has 1 unspecified atom stereocenters. The van der Waals surface area contributed by atoms with Gasteiger partial charge in [-0.05, 0) is 67.0 Å². The molecule has 1 aromatic carbocycles. The van der Waals surface area contributed by atoms with Crippen molar-refractivity contribution in [1.29, 1.82) is 0 Å². The van der Waals surface area contributed by atoms with Crippen LogP contribution in [-0.4, -0.2) is 31.1 Å². The van der Waals surface area contributed by atoms with E-state index in [-0.39, 0.29) is 5.82 Å². The molecule has 1 aromatic rings. The van der Waals surface area contributed by atoms with Gasteiger partial charge in [0.25, 0.3) is 0 Å². The van der Waals surface area contributed by atoms with Crippen molar-refractivity contribution in [3.8, 4) is 0 Å². The molecule has 0 bridgehead atoms. The molecule has 0 aliphatic carbocycles. The number of aryl methyl sites for hydroxylation is 1. The first-order valence-corrected chi connectivity index (χ1v) is 6.76. The highest BCUT2D eigenvalue weighted by Gasteiger charge is 2.17. The van der Waals surface area contributed by atoms with Gasteiger partial charge in [0.2, 0.25) is 0 Å². The van der Waals surface area contributed by atoms with Crippen molar-refractivity contribution in [3.05, 3.63) is 28.0 Å². The van der Waals surface area contributed by atoms with Crippen LogP contribution in [0.1, 0.15) is 18.4 Å². The zero-order chi connectivity index (χ0) is 12.4. The van der Waals surface area contributed by atoms with E-state index >= 15 is 0 Å². The summed E-state index contributed by atoms with van der Waals surface area (Å²) in [5, 5.41) is 3.51. The summed E-state index contributed by atoms with van der Waals surface area (Å²) in [5.74, 6) is -0.200. The van der Waals surface area contributed by atoms with Gasteiger partial charge in [0.1, 0.15) is 5.82 Å². The zero-order valence-electron chi connectivity index (χ0n) is 10.3. The van der Waals surface area contributed by atoms with Crippen LogP contribution in [0.25, 0.3) is 0 Å². The molecule has 1 fully saturated rings. The number of rotatable bonds is 2. The first kappa shape index (κ1) is 12.8. The molecule has 2 nitrogen and oxygen atoms in total. The van der Waals surface area contributed by atoms with Gasteiger partial charge in [-0.3, -0.25) is 0 Å². The third-order valence-electron chi connectivity index (χ3n) is 3.25. The highest BCUT2D eigenvalue weighted by Crippen LogP contribution is 2.25. The number of piperidine rings is 1. The highest BCUT2D eigenvalue weighted by molar-refractivity contribution is 9.10. The molecule has 1 N–H and O–H groups in total. The van der Waals surface area contributed by atoms with Crippen LogP contribution in [0.15, 0.2) is 16.6 Å². The van der Waals surface area contributed by atoms with Crippen molar-refractivity contribution in [1.82, 2.24) is 4.90 Å². The van der Waals surface area contributed by atoms with E-state index in [9.17, 15) is 4.39 Å². The van der Waals surface area contributed by atoms with Crippen LogP contribution in [0.5, 0.6) is 0 Å². The maximum Gasteiger partial charge on any atom is 0.137 e. The molecule has 0 saturated carbocycles. The van der Waals surface area contributed by atoms with Crippen molar-refractivity contribution in [2.24, 2.45) is 0 Å². The SMILES string of the molecule is Cc1cc(F)c(Br)cc1NC1CCCN(C)C1. The van der Waals surface area contributed by atoms with E-state index in [0.29, 0.717) is 10.5 Å². The van der Waals surface area contributed by atoms with Crippen LogP contribution in [0.2, 0.25) is 0 Å². The second-order valence-electron chi connectivity index (χ2n) is 4.83. The fraction of sp³-hybridized carbons (Fsp3) is 0.538. The van der Waals surface area contributed by atoms with E-state index in [0.717, 1.165) is 17.8 Å². The third-order valence-corrected chi connectivity index (χ3v) is 3.86. The largest absolute Gasteiger partial charge is 0.381 e. The quantitative estimate of drug-likeness (QED) is 0.900. The number of benzene rings is 1. The lowest BCUT2D eigenvalue weighted by Crippen LogP contribution is -2.39. The second-order valence-corrected chi connectivity index (χ2v) is 5.68. The zero-order valence-corrected chi connectivity index (χ0v) is 11.8. The molecular formula is C13H18BrFN2. The number of halogens is 2. The summed E-state index contributed by atoms with van der Waals surface area (Å²) in [4.78, 5) is 2.33. The van der Waals surface area contributed by atoms with E-state index in [1.165, 1.54) is 19.4 Å². The Morgan fingerprint density at radius 3 is 2.94 bits per heavy atom. The lowest BCUT2D eigenvalue weighted by Gasteiger charge is -2.31. The monoisotopic (exact) mass is 300 g/mol. The standard InChI is InChI=1S/C13H18BrFN2/c1-9-6-12(15)11(14)7-13(9)16-10-4-3-5-17(2)8-10/h6-7,10,16H,3-5,8H2,1-2H3. The van der Waals surface area contributed by atoms with Crippen LogP contribution in [0, 0.1) is 12.7 Å². The molecule has 2 rings (SSSR count). The van der Waals surface area contributed by atoms with Gasteiger partial charge < -0.3 is 10.2 Å². The van der Waals surface area contributed by atoms with Gasteiger partial charge in [-0.2, -0.15) is 0 Å². The first-order chi connectivity index (χ1) is 8.06. The highest BCUT2D eigenvalue weighted by atomic mass is 79.9. The number of anilines is 1. The number of likely N-dealkylation sites (tertiary alicyclic amines) is 1. The minimum absolute atomic E-state index is 0.200. The summed E-state index contributed by atoms with van der Waals surface area (Å²) in [5.41, 5.74) is 1.98. The summed E-state index contributed by atoms with van der Waals surface area (Å²) in [6.07, 6.45) is 2.40. The molecule has 4 heteroatoms. The molecule has 1 aliphatic rings. The van der Waals surface area contributed by atoms with E-state index < -0.39 is 0 Å². The predicted octanol–water partition coefficient (Wildman–Crippen LogP) is 3.40. The Balaban J connectivity index is 2.10. The summed E-state index contributed by atoms with van der Waals surface area (Å²) < 4.78 is 13.8. The predicted molar refractivity (Wildman–Crippen MR) is 73.0 cm³/mol. The maximum absolute atomic E-state index is 13.3. The van der Waals surface area contributed by atoms with Crippen LogP contribution in [0.3, 0.4) is 0 Å². The van der Waals surface area contributed by atoms with Crippen LogP contribution in [0.4, 0.5) is 10.1 Å². The Bertz CT molecular complexity index is 409. The van der Waals surface area contributed by atoms with Crippen molar-refractivity contribution >= 4 is 21.6 Å². The van der Waals surface area contributed by atoms with Gasteiger partial charge in [0, 0.05) is 18.3 Å². The molecule has 0 aromatic heterocycles. The summed E-state index contributed by atoms with van der Waals surface area (Å²) >= 11 is 3.23. The van der Waals surface area contributed by atoms with E-state index in [2.05, 4.69) is 33.2 Å². The van der Waals surface area contributed by atoms with Gasteiger partial charge in [-0.25, -0.2) is 4.39 Å². The Kier molecular flexibility index (Phi) is 4.05. The Morgan fingerprint density at radius 1 is 1.47 bits per heavy atom. The molecule has 1 saturated heterocycles. The Labute approximate surface area is 110 Å². The minimum atomic E-state index is -0.200. The lowest BCUT2D eigenvalue weighted by molar-refractivity contribution is 0.261. The van der Waals surface area contributed by atoms with Crippen LogP contribution < -0.4 is 5.32 Å². The molecule has 1 heterocycles. The average molecular weight is 301 g/mol. The van der Waals surface area contributed by atoms with Gasteiger partial charge in [-0.15, -0.1) is 0 Å². The number of hydrogen-bond donors (Lipinski definition) is 1. The number of hydrogen-bond acceptors (Lipinski definition) is 2. The fourth-order valence-corrected chi connectivity index (χ4v) is 2.65. The Hall–Kier alpha value is -0.610. The molecule has 0 spiro atoms. The number of nitrogens with one attached hydrogen (secondary N) is 1. The van der Waals surface area contributed by atoms with Crippen molar-refractivity contribution in [3.63, 3.8) is 0 Å². The van der Waals surface area contributed by atoms with Crippen molar-refractivity contribution in [2.75, 3.05) is 25.5 Å². The van der Waals surface area contributed by atoms with Crippen LogP contribution in [-0.2, 0) is 0 Å². The first-order valence-electron chi connectivity index (χ1n) is 5.97. The van der Waals surface area contributed by atoms with E-state index in [1.807, 2.05) is 13.0 Å². The third kappa shape index (κ3) is 3.19. The molecular weight excluding hydrogens is 283 g/mol. The summed E-state index contributed by atoms with van der Waals surface area (Å²) in [6.45, 7) is 4.16. The summed E-state index contributed by atoms with van der Waals surface area (Å²) in [6, 6.07) is 3.86. The smallest absolute Gasteiger partial charge is 0.137 e. The maximum atomic E-state index is 13.3. The van der Waals surface area contributed by atoms with Gasteiger partial charge >= 0.3 is 0 Å². The van der Waals surface area contributed by atoms with Crippen molar-refractivity contribution in [2.45, 2.75) is 25.8 Å². The van der Waals surface area contributed by atoms with Crippen molar-refractivity contribution < 1.29 is 4.39 Å². The van der Waals surface area contributed by atoms with Gasteiger partial charge in [0.15, 0.2) is 0 Å². The molecule has 17 heavy (non-hydrogen) atoms. The lowest BCUT2D eigenvalue weighted by atomic mass is 10.1. The average Bonchev–Trinajstić information content (AvgIpc) is 2.26. The second kappa shape index (κ2) is 5.36. The van der Waals surface area contributed by atoms with Crippen LogP contribution >= 0.6 is 15.9 Å².